The summed E-state index contributed by atoms with van der Waals surface area (Å²) in [5.74, 6) is -0.607. The van der Waals surface area contributed by atoms with E-state index in [-0.39, 0.29) is 17.9 Å². The monoisotopic (exact) mass is 367 g/mol. The molecule has 0 atom stereocenters. The Bertz CT molecular complexity index is 792. The number of aromatic hydroxyl groups is 1. The van der Waals surface area contributed by atoms with Gasteiger partial charge in [-0.25, -0.2) is 9.69 Å². The molecule has 6 nitrogen and oxygen atoms in total. The molecule has 2 rings (SSSR count). The number of nitrogens with one attached hydrogen (secondary N) is 1. The molecule has 9 heteroatoms. The zero-order valence-corrected chi connectivity index (χ0v) is 13.5. The van der Waals surface area contributed by atoms with Gasteiger partial charge in [0, 0.05) is 6.54 Å². The van der Waals surface area contributed by atoms with Crippen molar-refractivity contribution in [1.82, 2.24) is 5.32 Å². The largest absolute Gasteiger partial charge is 0.507 e. The van der Waals surface area contributed by atoms with E-state index in [1.165, 1.54) is 24.3 Å². The first kappa shape index (κ1) is 19.1. The van der Waals surface area contributed by atoms with Crippen LogP contribution in [0.3, 0.4) is 0 Å². The van der Waals surface area contributed by atoms with E-state index in [4.69, 9.17) is 5.73 Å². The summed E-state index contributed by atoms with van der Waals surface area (Å²) in [6.45, 7) is 0.214. The molecule has 0 radical (unpaired) electrons. The molecule has 0 aliphatic rings. The summed E-state index contributed by atoms with van der Waals surface area (Å²) in [6.07, 6.45) is -4.57. The summed E-state index contributed by atoms with van der Waals surface area (Å²) in [6, 6.07) is 9.49. The molecule has 0 unspecified atom stereocenters. The number of benzene rings is 2. The highest BCUT2D eigenvalue weighted by molar-refractivity contribution is 5.96. The minimum Gasteiger partial charge on any atom is -0.507 e. The van der Waals surface area contributed by atoms with E-state index in [9.17, 15) is 27.9 Å². The lowest BCUT2D eigenvalue weighted by molar-refractivity contribution is -0.120. The molecule has 3 amide bonds. The van der Waals surface area contributed by atoms with Crippen LogP contribution in [-0.4, -0.2) is 29.9 Å². The van der Waals surface area contributed by atoms with Crippen LogP contribution in [0.5, 0.6) is 5.75 Å². The van der Waals surface area contributed by atoms with E-state index in [1.54, 1.807) is 12.1 Å². The first-order valence-corrected chi connectivity index (χ1v) is 7.51. The topological polar surface area (TPSA) is 95.7 Å². The lowest BCUT2D eigenvalue weighted by atomic mass is 10.1. The second-order valence-electron chi connectivity index (χ2n) is 5.33. The second-order valence-corrected chi connectivity index (χ2v) is 5.33. The fourth-order valence-electron chi connectivity index (χ4n) is 2.29. The molecule has 0 aliphatic carbocycles. The molecule has 0 aromatic heterocycles. The van der Waals surface area contributed by atoms with Crippen LogP contribution >= 0.6 is 0 Å². The van der Waals surface area contributed by atoms with Crippen LogP contribution in [0.2, 0.25) is 0 Å². The molecule has 2 aromatic rings. The van der Waals surface area contributed by atoms with Crippen molar-refractivity contribution in [3.8, 4) is 5.75 Å². The summed E-state index contributed by atoms with van der Waals surface area (Å²) in [4.78, 5) is 22.5. The van der Waals surface area contributed by atoms with Gasteiger partial charge >= 0.3 is 12.3 Å². The number of phenols is 1. The molecule has 0 bridgehead atoms. The van der Waals surface area contributed by atoms with Crippen LogP contribution < -0.4 is 16.0 Å². The molecular formula is C17H16F3N3O3. The zero-order valence-electron chi connectivity index (χ0n) is 13.5. The number of amides is 3. The molecule has 0 spiro atoms. The van der Waals surface area contributed by atoms with Crippen LogP contribution in [0, 0.1) is 0 Å². The van der Waals surface area contributed by atoms with Crippen molar-refractivity contribution < 1.29 is 27.9 Å². The van der Waals surface area contributed by atoms with Crippen molar-refractivity contribution in [3.63, 3.8) is 0 Å². The van der Waals surface area contributed by atoms with Gasteiger partial charge in [-0.15, -0.1) is 13.2 Å². The van der Waals surface area contributed by atoms with Crippen molar-refractivity contribution in [3.05, 3.63) is 59.7 Å². The minimum atomic E-state index is -4.92. The highest BCUT2D eigenvalue weighted by Gasteiger charge is 2.41. The molecule has 0 saturated carbocycles. The van der Waals surface area contributed by atoms with Crippen LogP contribution in [-0.2, 0) is 6.42 Å². The summed E-state index contributed by atoms with van der Waals surface area (Å²) in [7, 11) is 0. The van der Waals surface area contributed by atoms with Crippen LogP contribution in [0.4, 0.5) is 23.7 Å². The fraction of sp³-hybridized carbons (Fsp3) is 0.176. The number of hydrogen-bond donors (Lipinski definition) is 3. The normalized spacial score (nSPS) is 11.0. The minimum absolute atomic E-state index is 0.130. The summed E-state index contributed by atoms with van der Waals surface area (Å²) < 4.78 is 38.4. The Morgan fingerprint density at radius 3 is 2.23 bits per heavy atom. The number of phenolic OH excluding ortho intramolecular Hbond substituents is 1. The molecule has 0 saturated heterocycles. The highest BCUT2D eigenvalue weighted by Crippen LogP contribution is 2.28. The third-order valence-corrected chi connectivity index (χ3v) is 3.52. The van der Waals surface area contributed by atoms with E-state index in [1.807, 2.05) is 0 Å². The van der Waals surface area contributed by atoms with E-state index >= 15 is 0 Å². The maximum absolute atomic E-state index is 12.8. The van der Waals surface area contributed by atoms with E-state index in [0.717, 1.165) is 12.1 Å². The quantitative estimate of drug-likeness (QED) is 0.709. The number of carbonyl (C=O) groups excluding carboxylic acids is 2. The number of alkyl halides is 3. The molecule has 0 heterocycles. The fourth-order valence-corrected chi connectivity index (χ4v) is 2.29. The number of nitrogens with zero attached hydrogens (tertiary/aromatic N) is 1. The number of hydrogen-bond acceptors (Lipinski definition) is 3. The predicted molar refractivity (Wildman–Crippen MR) is 88.7 cm³/mol. The highest BCUT2D eigenvalue weighted by atomic mass is 19.4. The number of halogens is 3. The van der Waals surface area contributed by atoms with Crippen molar-refractivity contribution in [2.75, 3.05) is 11.4 Å². The van der Waals surface area contributed by atoms with Crippen LogP contribution in [0.1, 0.15) is 15.9 Å². The molecule has 26 heavy (non-hydrogen) atoms. The second kappa shape index (κ2) is 7.77. The van der Waals surface area contributed by atoms with Gasteiger partial charge in [0.25, 0.3) is 5.91 Å². The lowest BCUT2D eigenvalue weighted by Gasteiger charge is -2.23. The van der Waals surface area contributed by atoms with Gasteiger partial charge in [-0.1, -0.05) is 24.3 Å². The van der Waals surface area contributed by atoms with Crippen molar-refractivity contribution in [2.45, 2.75) is 12.7 Å². The van der Waals surface area contributed by atoms with Crippen molar-refractivity contribution in [1.29, 1.82) is 0 Å². The summed E-state index contributed by atoms with van der Waals surface area (Å²) in [5, 5.41) is 12.2. The standard InChI is InChI=1S/C17H16F3N3O3/c18-17(19,20)23(16(21)26)12-7-5-11(6-8-12)9-10-22-15(25)13-3-1-2-4-14(13)24/h1-8,24H,9-10H2,(H2,21,26)(H,22,25). The Balaban J connectivity index is 1.96. The SMILES string of the molecule is NC(=O)N(c1ccc(CCNC(=O)c2ccccc2O)cc1)C(F)(F)F. The molecule has 2 aromatic carbocycles. The molecule has 4 N–H and O–H groups in total. The lowest BCUT2D eigenvalue weighted by Crippen LogP contribution is -2.46. The van der Waals surface area contributed by atoms with Gasteiger partial charge in [-0.2, -0.15) is 0 Å². The summed E-state index contributed by atoms with van der Waals surface area (Å²) >= 11 is 0. The molecule has 138 valence electrons. The number of rotatable bonds is 5. The van der Waals surface area contributed by atoms with Gasteiger partial charge in [-0.05, 0) is 36.2 Å². The zero-order chi connectivity index (χ0) is 19.3. The third kappa shape index (κ3) is 4.65. The van der Waals surface area contributed by atoms with Crippen molar-refractivity contribution in [2.24, 2.45) is 5.73 Å². The van der Waals surface area contributed by atoms with Crippen LogP contribution in [0.15, 0.2) is 48.5 Å². The van der Waals surface area contributed by atoms with Crippen molar-refractivity contribution >= 4 is 17.6 Å². The maximum atomic E-state index is 12.8. The van der Waals surface area contributed by atoms with Gasteiger partial charge in [0.2, 0.25) is 0 Å². The Morgan fingerprint density at radius 2 is 1.69 bits per heavy atom. The van der Waals surface area contributed by atoms with E-state index in [2.05, 4.69) is 5.32 Å². The van der Waals surface area contributed by atoms with E-state index < -0.39 is 28.8 Å². The molecule has 0 fully saturated rings. The average molecular weight is 367 g/mol. The van der Waals surface area contributed by atoms with Gasteiger partial charge in [0.05, 0.1) is 11.3 Å². The first-order chi connectivity index (χ1) is 12.2. The molecular weight excluding hydrogens is 351 g/mol. The number of carbonyl (C=O) groups is 2. The number of para-hydroxylation sites is 1. The van der Waals surface area contributed by atoms with Gasteiger partial charge in [0.1, 0.15) is 5.75 Å². The Labute approximate surface area is 147 Å². The maximum Gasteiger partial charge on any atom is 0.493 e. The predicted octanol–water partition coefficient (Wildman–Crippen LogP) is 2.77. The third-order valence-electron chi connectivity index (χ3n) is 3.52. The Kier molecular flexibility index (Phi) is 5.71. The average Bonchev–Trinajstić information content (AvgIpc) is 2.55. The van der Waals surface area contributed by atoms with Gasteiger partial charge in [0.15, 0.2) is 0 Å². The van der Waals surface area contributed by atoms with Gasteiger partial charge in [-0.3, -0.25) is 4.79 Å². The number of nitrogens with two attached hydrogens (primary N) is 1. The van der Waals surface area contributed by atoms with Crippen LogP contribution in [0.25, 0.3) is 0 Å². The Morgan fingerprint density at radius 1 is 1.08 bits per heavy atom. The first-order valence-electron chi connectivity index (χ1n) is 7.51. The number of primary amides is 1. The number of anilines is 1. The van der Waals surface area contributed by atoms with E-state index in [0.29, 0.717) is 12.0 Å². The Hall–Kier alpha value is -3.23. The van der Waals surface area contributed by atoms with Gasteiger partial charge < -0.3 is 16.2 Å². The number of urea groups is 1. The summed E-state index contributed by atoms with van der Waals surface area (Å²) in [5.41, 5.74) is 5.16. The smallest absolute Gasteiger partial charge is 0.493 e. The molecule has 0 aliphatic heterocycles.